The van der Waals surface area contributed by atoms with Crippen LogP contribution in [0.3, 0.4) is 0 Å². The number of ether oxygens (including phenoxy) is 2. The van der Waals surface area contributed by atoms with Crippen LogP contribution < -0.4 is 0 Å². The first-order valence-electron chi connectivity index (χ1n) is 19.3. The Balaban J connectivity index is 0.000000871. The first kappa shape index (κ1) is 44.3. The minimum atomic E-state index is -1.06. The Labute approximate surface area is 301 Å². The van der Waals surface area contributed by atoms with Gasteiger partial charge in [0.25, 0.3) is 0 Å². The third kappa shape index (κ3) is 22.1. The van der Waals surface area contributed by atoms with Gasteiger partial charge in [-0.2, -0.15) is 0 Å². The molecule has 0 heterocycles. The SMILES string of the molecule is CCCCCCCCCCCCCOC(=O)c1ccccc1C(=O)OCCCCCCCCCCCCC.O=C(O)c1ccc(C(=O)O)cc1. The molecule has 0 aliphatic carbocycles. The van der Waals surface area contributed by atoms with E-state index in [9.17, 15) is 19.2 Å². The molecule has 0 saturated carbocycles. The second-order valence-electron chi connectivity index (χ2n) is 13.1. The highest BCUT2D eigenvalue weighted by atomic mass is 16.5. The monoisotopic (exact) mass is 696 g/mol. The van der Waals surface area contributed by atoms with Gasteiger partial charge in [0.2, 0.25) is 0 Å². The zero-order valence-corrected chi connectivity index (χ0v) is 30.9. The van der Waals surface area contributed by atoms with Crippen molar-refractivity contribution in [2.24, 2.45) is 0 Å². The van der Waals surface area contributed by atoms with Crippen LogP contribution in [-0.2, 0) is 9.47 Å². The third-order valence-corrected chi connectivity index (χ3v) is 8.71. The van der Waals surface area contributed by atoms with E-state index in [1.807, 2.05) is 0 Å². The smallest absolute Gasteiger partial charge is 0.339 e. The van der Waals surface area contributed by atoms with Crippen LogP contribution in [0.25, 0.3) is 0 Å². The van der Waals surface area contributed by atoms with Crippen molar-refractivity contribution in [1.29, 1.82) is 0 Å². The summed E-state index contributed by atoms with van der Waals surface area (Å²) in [7, 11) is 0. The van der Waals surface area contributed by atoms with Gasteiger partial charge in [-0.15, -0.1) is 0 Å². The fourth-order valence-corrected chi connectivity index (χ4v) is 5.61. The van der Waals surface area contributed by atoms with Crippen LogP contribution >= 0.6 is 0 Å². The molecule has 280 valence electrons. The molecule has 0 bridgehead atoms. The van der Waals surface area contributed by atoms with Crippen LogP contribution in [0.15, 0.2) is 48.5 Å². The van der Waals surface area contributed by atoms with E-state index < -0.39 is 23.9 Å². The maximum absolute atomic E-state index is 12.6. The molecule has 0 atom stereocenters. The molecule has 0 saturated heterocycles. The van der Waals surface area contributed by atoms with Crippen molar-refractivity contribution in [3.05, 3.63) is 70.8 Å². The Morgan fingerprint density at radius 2 is 0.680 bits per heavy atom. The molecule has 0 aromatic heterocycles. The lowest BCUT2D eigenvalue weighted by molar-refractivity contribution is 0.0450. The number of carboxylic acids is 2. The van der Waals surface area contributed by atoms with Crippen LogP contribution in [0.1, 0.15) is 197 Å². The van der Waals surface area contributed by atoms with E-state index in [2.05, 4.69) is 13.8 Å². The number of carboxylic acid groups (broad SMARTS) is 2. The predicted octanol–water partition coefficient (Wildman–Crippen LogP) is 11.7. The minimum absolute atomic E-state index is 0.0833. The number of esters is 2. The predicted molar refractivity (Wildman–Crippen MR) is 200 cm³/mol. The van der Waals surface area contributed by atoms with E-state index in [1.165, 1.54) is 140 Å². The lowest BCUT2D eigenvalue weighted by Crippen LogP contribution is -2.15. The van der Waals surface area contributed by atoms with Crippen molar-refractivity contribution >= 4 is 23.9 Å². The van der Waals surface area contributed by atoms with E-state index in [0.717, 1.165) is 25.7 Å². The summed E-state index contributed by atoms with van der Waals surface area (Å²) in [5.74, 6) is -2.99. The van der Waals surface area contributed by atoms with Gasteiger partial charge in [0.05, 0.1) is 35.5 Å². The average molecular weight is 697 g/mol. The summed E-state index contributed by atoms with van der Waals surface area (Å²) in [4.78, 5) is 45.9. The Morgan fingerprint density at radius 3 is 0.940 bits per heavy atom. The van der Waals surface area contributed by atoms with Crippen LogP contribution in [0.2, 0.25) is 0 Å². The maximum Gasteiger partial charge on any atom is 0.339 e. The summed E-state index contributed by atoms with van der Waals surface area (Å²) in [6, 6.07) is 11.9. The van der Waals surface area contributed by atoms with Gasteiger partial charge in [-0.25, -0.2) is 19.2 Å². The third-order valence-electron chi connectivity index (χ3n) is 8.71. The van der Waals surface area contributed by atoms with Crippen molar-refractivity contribution in [2.75, 3.05) is 13.2 Å². The number of carbonyl (C=O) groups is 4. The highest BCUT2D eigenvalue weighted by Crippen LogP contribution is 2.15. The number of carbonyl (C=O) groups excluding carboxylic acids is 2. The Bertz CT molecular complexity index is 1100. The highest BCUT2D eigenvalue weighted by Gasteiger charge is 2.18. The van der Waals surface area contributed by atoms with E-state index in [4.69, 9.17) is 19.7 Å². The van der Waals surface area contributed by atoms with Crippen molar-refractivity contribution in [1.82, 2.24) is 0 Å². The molecule has 0 amide bonds. The molecule has 2 aromatic rings. The zero-order valence-electron chi connectivity index (χ0n) is 30.9. The van der Waals surface area contributed by atoms with Gasteiger partial charge in [0.1, 0.15) is 0 Å². The van der Waals surface area contributed by atoms with Gasteiger partial charge in [-0.3, -0.25) is 0 Å². The summed E-state index contributed by atoms with van der Waals surface area (Å²) < 4.78 is 10.9. The molecule has 8 nitrogen and oxygen atoms in total. The van der Waals surface area contributed by atoms with E-state index in [-0.39, 0.29) is 11.1 Å². The molecule has 50 heavy (non-hydrogen) atoms. The van der Waals surface area contributed by atoms with Gasteiger partial charge < -0.3 is 19.7 Å². The van der Waals surface area contributed by atoms with Crippen molar-refractivity contribution in [2.45, 2.75) is 155 Å². The standard InChI is InChI=1S/C34H58O4.C8H6O4/c1-3-5-7-9-11-13-15-17-19-21-25-29-37-33(35)31-27-23-24-28-32(31)34(36)38-30-26-22-20-18-16-14-12-10-8-6-4-2;9-7(10)5-1-2-6(4-3-5)8(11)12/h23-24,27-28H,3-22,25-26,29-30H2,1-2H3;1-4H,(H,9,10)(H,11,12). The topological polar surface area (TPSA) is 127 Å². The van der Waals surface area contributed by atoms with E-state index in [0.29, 0.717) is 24.3 Å². The van der Waals surface area contributed by atoms with E-state index in [1.54, 1.807) is 24.3 Å². The number of benzene rings is 2. The number of aromatic carboxylic acids is 2. The van der Waals surface area contributed by atoms with Gasteiger partial charge in [0, 0.05) is 0 Å². The molecule has 0 fully saturated rings. The first-order valence-corrected chi connectivity index (χ1v) is 19.3. The molecule has 0 spiro atoms. The number of hydrogen-bond donors (Lipinski definition) is 2. The second kappa shape index (κ2) is 30.2. The van der Waals surface area contributed by atoms with Crippen molar-refractivity contribution < 1.29 is 38.9 Å². The average Bonchev–Trinajstić information content (AvgIpc) is 3.12. The molecule has 0 unspecified atom stereocenters. The van der Waals surface area contributed by atoms with Gasteiger partial charge >= 0.3 is 23.9 Å². The summed E-state index contributed by atoms with van der Waals surface area (Å²) in [6.07, 6.45) is 27.6. The summed E-state index contributed by atoms with van der Waals surface area (Å²) >= 11 is 0. The molecule has 0 radical (unpaired) electrons. The van der Waals surface area contributed by atoms with Crippen LogP contribution in [0, 0.1) is 0 Å². The number of unbranched alkanes of at least 4 members (excludes halogenated alkanes) is 20. The second-order valence-corrected chi connectivity index (χ2v) is 13.1. The van der Waals surface area contributed by atoms with Crippen molar-refractivity contribution in [3.63, 3.8) is 0 Å². The molecule has 8 heteroatoms. The molecule has 2 N–H and O–H groups in total. The summed E-state index contributed by atoms with van der Waals surface area (Å²) in [5, 5.41) is 16.9. The lowest BCUT2D eigenvalue weighted by Gasteiger charge is -2.10. The van der Waals surface area contributed by atoms with Crippen molar-refractivity contribution in [3.8, 4) is 0 Å². The minimum Gasteiger partial charge on any atom is -0.478 e. The fraction of sp³-hybridized carbons (Fsp3) is 0.619. The first-order chi connectivity index (χ1) is 24.3. The Hall–Kier alpha value is -3.68. The number of rotatable bonds is 28. The summed E-state index contributed by atoms with van der Waals surface area (Å²) in [5.41, 5.74) is 0.777. The van der Waals surface area contributed by atoms with Gasteiger partial charge in [-0.1, -0.05) is 154 Å². The van der Waals surface area contributed by atoms with Crippen LogP contribution in [-0.4, -0.2) is 47.3 Å². The molecule has 2 rings (SSSR count). The summed E-state index contributed by atoms with van der Waals surface area (Å²) in [6.45, 7) is 5.31. The quantitative estimate of drug-likeness (QED) is 0.0664. The Morgan fingerprint density at radius 1 is 0.420 bits per heavy atom. The maximum atomic E-state index is 12.6. The molecule has 2 aromatic carbocycles. The van der Waals surface area contributed by atoms with Gasteiger partial charge in [0.15, 0.2) is 0 Å². The van der Waals surface area contributed by atoms with Crippen LogP contribution in [0.5, 0.6) is 0 Å². The lowest BCUT2D eigenvalue weighted by atomic mass is 10.1. The van der Waals surface area contributed by atoms with E-state index >= 15 is 0 Å². The normalized spacial score (nSPS) is 10.6. The molecular weight excluding hydrogens is 632 g/mol. The molecule has 0 aliphatic heterocycles. The molecular formula is C42H64O8. The fourth-order valence-electron chi connectivity index (χ4n) is 5.61. The highest BCUT2D eigenvalue weighted by molar-refractivity contribution is 6.03. The number of hydrogen-bond acceptors (Lipinski definition) is 6. The van der Waals surface area contributed by atoms with Crippen LogP contribution in [0.4, 0.5) is 0 Å². The van der Waals surface area contributed by atoms with Gasteiger partial charge in [-0.05, 0) is 49.2 Å². The Kier molecular flexibility index (Phi) is 26.8. The molecule has 0 aliphatic rings. The zero-order chi connectivity index (χ0) is 36.7. The largest absolute Gasteiger partial charge is 0.478 e.